The molecule has 0 aliphatic carbocycles. The van der Waals surface area contributed by atoms with Crippen LogP contribution in [0.5, 0.6) is 0 Å². The molecule has 0 rings (SSSR count). The molecule has 0 aromatic heterocycles. The summed E-state index contributed by atoms with van der Waals surface area (Å²) in [5.41, 5.74) is 67.5. The topological polar surface area (TPSA) is 294 Å². The summed E-state index contributed by atoms with van der Waals surface area (Å²) >= 11 is 0. The number of hydrogen-bond donors (Lipinski definition) is 0. The Balaban J connectivity index is -0.0000000192. The smallest absolute Gasteiger partial charge is 0 e. The fraction of sp³-hybridized carbons (Fsp3) is 0. The minimum Gasteiger partial charge on any atom is -0.373 e. The molecule has 15 nitrogen and oxygen atoms in total. The van der Waals surface area contributed by atoms with Crippen LogP contribution in [-0.4, -0.2) is 0 Å². The number of hydrogen-bond acceptors (Lipinski definition) is 0. The summed E-state index contributed by atoms with van der Waals surface area (Å²) in [4.78, 5) is 7.50. The molecule has 0 aliphatic rings. The monoisotopic (exact) mass is 261 g/mol. The van der Waals surface area contributed by atoms with Gasteiger partial charge >= 0.3 is 0 Å². The molecule has 85 valence electrons. The first-order chi connectivity index (χ1) is 7.07. The van der Waals surface area contributed by atoms with E-state index in [1.807, 2.05) is 0 Å². The molecular formula is N15V-5. The normalized spacial score (nSPS) is 2.50. The second-order valence-corrected chi connectivity index (χ2v) is 0.447. The third-order valence-electron chi connectivity index (χ3n) is 0. The van der Waals surface area contributed by atoms with Gasteiger partial charge in [0.15, 0.2) is 0 Å². The van der Waals surface area contributed by atoms with Crippen molar-refractivity contribution in [3.8, 4) is 0 Å². The van der Waals surface area contributed by atoms with Crippen LogP contribution in [0, 0.1) is 0 Å². The standard InChI is InChI=1S/5N3.V/c5*1-3-2;/q5*-1;. The second-order valence-electron chi connectivity index (χ2n) is 0.447. The van der Waals surface area contributed by atoms with Gasteiger partial charge in [0, 0.05) is 18.6 Å². The average molecular weight is 261 g/mol. The van der Waals surface area contributed by atoms with Gasteiger partial charge in [0.25, 0.3) is 0 Å². The molecule has 0 heterocycles. The van der Waals surface area contributed by atoms with Gasteiger partial charge < -0.3 is 55.3 Å². The minimum absolute atomic E-state index is 0. The molecule has 0 aromatic rings. The summed E-state index contributed by atoms with van der Waals surface area (Å²) in [5, 5.41) is 0. The van der Waals surface area contributed by atoms with Gasteiger partial charge in [0.05, 0.1) is 0 Å². The zero-order valence-electron chi connectivity index (χ0n) is 7.16. The molecule has 0 aromatic carbocycles. The molecule has 0 spiro atoms. The molecule has 16 heavy (non-hydrogen) atoms. The van der Waals surface area contributed by atoms with Gasteiger partial charge in [0.2, 0.25) is 0 Å². The maximum absolute atomic E-state index is 6.75. The van der Waals surface area contributed by atoms with E-state index in [1.54, 1.807) is 0 Å². The van der Waals surface area contributed by atoms with E-state index in [0.717, 1.165) is 0 Å². The molecule has 0 saturated heterocycles. The van der Waals surface area contributed by atoms with Crippen molar-refractivity contribution in [2.75, 3.05) is 0 Å². The largest absolute Gasteiger partial charge is 0.373 e. The van der Waals surface area contributed by atoms with Crippen LogP contribution >= 0.6 is 0 Å². The summed E-state index contributed by atoms with van der Waals surface area (Å²) in [7, 11) is 0. The molecule has 0 unspecified atom stereocenters. The van der Waals surface area contributed by atoms with Crippen molar-refractivity contribution < 1.29 is 18.6 Å². The minimum atomic E-state index is 0. The van der Waals surface area contributed by atoms with Gasteiger partial charge in [-0.1, -0.05) is 0 Å². The van der Waals surface area contributed by atoms with Gasteiger partial charge in [-0.3, -0.25) is 24.6 Å². The average Bonchev–Trinajstić information content (AvgIpc) is 2.09. The zero-order valence-corrected chi connectivity index (χ0v) is 8.55. The Morgan fingerprint density at radius 1 is 0.312 bits per heavy atom. The van der Waals surface area contributed by atoms with Crippen LogP contribution in [0.4, 0.5) is 0 Å². The molecule has 1 radical (unpaired) electrons. The summed E-state index contributed by atoms with van der Waals surface area (Å²) < 4.78 is 0. The van der Waals surface area contributed by atoms with Crippen molar-refractivity contribution in [2.45, 2.75) is 0 Å². The summed E-state index contributed by atoms with van der Waals surface area (Å²) in [6.45, 7) is 0. The van der Waals surface area contributed by atoms with Crippen molar-refractivity contribution in [3.05, 3.63) is 79.9 Å². The molecular weight excluding hydrogens is 261 g/mol. The Bertz CT molecular complexity index is 180. The van der Waals surface area contributed by atoms with Crippen molar-refractivity contribution in [2.24, 2.45) is 0 Å². The fourth-order valence-electron chi connectivity index (χ4n) is 0. The Morgan fingerprint density at radius 2 is 0.312 bits per heavy atom. The van der Waals surface area contributed by atoms with E-state index in [4.69, 9.17) is 55.3 Å². The van der Waals surface area contributed by atoms with Crippen molar-refractivity contribution >= 4 is 0 Å². The van der Waals surface area contributed by atoms with Gasteiger partial charge in [-0.25, -0.2) is 0 Å². The van der Waals surface area contributed by atoms with E-state index in [9.17, 15) is 0 Å². The van der Waals surface area contributed by atoms with E-state index >= 15 is 0 Å². The Labute approximate surface area is 99.0 Å². The Hall–Kier alpha value is -2.87. The van der Waals surface area contributed by atoms with Crippen LogP contribution in [0.25, 0.3) is 79.9 Å². The van der Waals surface area contributed by atoms with E-state index in [-0.39, 0.29) is 18.6 Å². The van der Waals surface area contributed by atoms with Crippen LogP contribution in [0.15, 0.2) is 0 Å². The zero-order chi connectivity index (χ0) is 13.5. The van der Waals surface area contributed by atoms with E-state index in [1.165, 1.54) is 24.6 Å². The molecule has 0 saturated carbocycles. The van der Waals surface area contributed by atoms with Crippen LogP contribution in [-0.2, 0) is 18.6 Å². The Morgan fingerprint density at radius 3 is 0.312 bits per heavy atom. The molecule has 0 fully saturated rings. The van der Waals surface area contributed by atoms with Gasteiger partial charge in [-0.2, -0.15) is 0 Å². The Kier molecular flexibility index (Phi) is 784. The predicted octanol–water partition coefficient (Wildman–Crippen LogP) is 4.33. The molecule has 0 amide bonds. The summed E-state index contributed by atoms with van der Waals surface area (Å²) in [6.07, 6.45) is 0. The van der Waals surface area contributed by atoms with Crippen LogP contribution in [0.1, 0.15) is 0 Å². The maximum atomic E-state index is 6.75. The molecule has 0 aliphatic heterocycles. The predicted molar refractivity (Wildman–Crippen MR) is 50.4 cm³/mol. The second kappa shape index (κ2) is 330. The first kappa shape index (κ1) is 38.0. The maximum Gasteiger partial charge on any atom is 0 e. The molecule has 0 N–H and O–H groups in total. The van der Waals surface area contributed by atoms with E-state index in [2.05, 4.69) is 0 Å². The van der Waals surface area contributed by atoms with Crippen molar-refractivity contribution in [3.63, 3.8) is 0 Å². The number of nitrogens with zero attached hydrogens (tertiary/aromatic N) is 15. The SMILES string of the molecule is [N-]=[N+]=[N-].[N-]=[N+]=[N-].[N-]=[N+]=[N-].[N-]=[N+]=[N-].[N-]=[N+]=[N-].[V]. The quantitative estimate of drug-likeness (QED) is 0.333. The molecule has 0 atom stereocenters. The van der Waals surface area contributed by atoms with Crippen LogP contribution < -0.4 is 0 Å². The first-order valence-corrected chi connectivity index (χ1v) is 2.00. The van der Waals surface area contributed by atoms with E-state index in [0.29, 0.717) is 0 Å². The van der Waals surface area contributed by atoms with Crippen molar-refractivity contribution in [1.82, 2.24) is 0 Å². The van der Waals surface area contributed by atoms with Gasteiger partial charge in [-0.05, 0) is 0 Å². The number of rotatable bonds is 0. The van der Waals surface area contributed by atoms with Crippen LogP contribution in [0.2, 0.25) is 0 Å². The summed E-state index contributed by atoms with van der Waals surface area (Å²) in [5.74, 6) is 0. The van der Waals surface area contributed by atoms with Crippen LogP contribution in [0.3, 0.4) is 0 Å². The first-order valence-electron chi connectivity index (χ1n) is 2.00. The van der Waals surface area contributed by atoms with Gasteiger partial charge in [-0.15, -0.1) is 0 Å². The molecule has 16 heteroatoms. The van der Waals surface area contributed by atoms with Crippen molar-refractivity contribution in [1.29, 1.82) is 0 Å². The van der Waals surface area contributed by atoms with E-state index < -0.39 is 0 Å². The third-order valence-corrected chi connectivity index (χ3v) is 0. The third kappa shape index (κ3) is 139. The van der Waals surface area contributed by atoms with Gasteiger partial charge in [0.1, 0.15) is 0 Å². The fourth-order valence-corrected chi connectivity index (χ4v) is 0. The summed E-state index contributed by atoms with van der Waals surface area (Å²) in [6, 6.07) is 0. The molecule has 0 bridgehead atoms.